The van der Waals surface area contributed by atoms with Gasteiger partial charge in [0.1, 0.15) is 12.2 Å². The van der Waals surface area contributed by atoms with Gasteiger partial charge in [-0.05, 0) is 11.6 Å². The number of amides is 1. The number of carbonyl (C=O) groups excluding carboxylic acids is 2. The zero-order valence-electron chi connectivity index (χ0n) is 12.5. The number of aliphatic hydroxyl groups excluding tert-OH is 3. The van der Waals surface area contributed by atoms with E-state index in [1.807, 2.05) is 0 Å². The molecule has 1 amide bonds. The van der Waals surface area contributed by atoms with E-state index in [1.165, 1.54) is 6.92 Å². The van der Waals surface area contributed by atoms with Crippen molar-refractivity contribution < 1.29 is 34.4 Å². The van der Waals surface area contributed by atoms with Gasteiger partial charge in [0.15, 0.2) is 6.10 Å². The van der Waals surface area contributed by atoms with Crippen LogP contribution in [0.4, 0.5) is 0 Å². The van der Waals surface area contributed by atoms with Gasteiger partial charge >= 0.3 is 5.97 Å². The lowest BCUT2D eigenvalue weighted by atomic mass is 9.93. The molecule has 1 aliphatic heterocycles. The third kappa shape index (κ3) is 4.83. The average molecular weight is 330 g/mol. The summed E-state index contributed by atoms with van der Waals surface area (Å²) in [6.07, 6.45) is -4.89. The maximum Gasteiger partial charge on any atom is 0.373 e. The number of carbonyl (C=O) groups is 2. The Labute approximate surface area is 131 Å². The summed E-state index contributed by atoms with van der Waals surface area (Å²) in [6.45, 7) is 0.726. The second kappa shape index (κ2) is 8.34. The number of rotatable bonds is 6. The number of nitrogens with zero attached hydrogens (tertiary/aromatic N) is 3. The quantitative estimate of drug-likeness (QED) is 0.195. The molecule has 0 aliphatic carbocycles. The zero-order valence-corrected chi connectivity index (χ0v) is 12.5. The Morgan fingerprint density at radius 3 is 2.74 bits per heavy atom. The molecule has 1 heterocycles. The Kier molecular flexibility index (Phi) is 6.79. The van der Waals surface area contributed by atoms with Crippen molar-refractivity contribution in [2.24, 2.45) is 5.11 Å². The summed E-state index contributed by atoms with van der Waals surface area (Å²) in [7, 11) is 1.10. The summed E-state index contributed by atoms with van der Waals surface area (Å²) in [5, 5.41) is 35.5. The van der Waals surface area contributed by atoms with Gasteiger partial charge in [0.2, 0.25) is 11.7 Å². The number of azide groups is 1. The van der Waals surface area contributed by atoms with Gasteiger partial charge in [-0.2, -0.15) is 0 Å². The predicted octanol–water partition coefficient (Wildman–Crippen LogP) is -1.66. The molecule has 0 saturated carbocycles. The van der Waals surface area contributed by atoms with Crippen molar-refractivity contribution in [2.45, 2.75) is 37.4 Å². The van der Waals surface area contributed by atoms with Gasteiger partial charge in [-0.25, -0.2) is 4.79 Å². The highest BCUT2D eigenvalue weighted by Crippen LogP contribution is 2.23. The molecular weight excluding hydrogens is 312 g/mol. The van der Waals surface area contributed by atoms with Gasteiger partial charge < -0.3 is 30.1 Å². The Bertz CT molecular complexity index is 532. The maximum absolute atomic E-state index is 11.5. The Morgan fingerprint density at radius 1 is 1.57 bits per heavy atom. The molecule has 0 bridgehead atoms. The van der Waals surface area contributed by atoms with Crippen LogP contribution < -0.4 is 5.32 Å². The molecule has 0 aromatic carbocycles. The van der Waals surface area contributed by atoms with Gasteiger partial charge in [-0.1, -0.05) is 5.11 Å². The molecule has 0 radical (unpaired) electrons. The fraction of sp³-hybridized carbons (Fsp3) is 0.667. The highest BCUT2D eigenvalue weighted by molar-refractivity contribution is 5.86. The van der Waals surface area contributed by atoms with Crippen molar-refractivity contribution in [3.05, 3.63) is 22.3 Å². The largest absolute Gasteiger partial charge is 0.478 e. The second-order valence-corrected chi connectivity index (χ2v) is 4.79. The van der Waals surface area contributed by atoms with Crippen molar-refractivity contribution in [2.75, 3.05) is 13.7 Å². The summed E-state index contributed by atoms with van der Waals surface area (Å²) in [5.41, 5.74) is 8.23. The average Bonchev–Trinajstić information content (AvgIpc) is 2.52. The second-order valence-electron chi connectivity index (χ2n) is 4.79. The van der Waals surface area contributed by atoms with E-state index in [1.54, 1.807) is 0 Å². The van der Waals surface area contributed by atoms with Crippen LogP contribution in [-0.2, 0) is 19.1 Å². The lowest BCUT2D eigenvalue weighted by Crippen LogP contribution is -2.59. The van der Waals surface area contributed by atoms with E-state index in [0.717, 1.165) is 13.2 Å². The number of hydrogen-bond donors (Lipinski definition) is 4. The fourth-order valence-corrected chi connectivity index (χ4v) is 2.06. The van der Waals surface area contributed by atoms with E-state index in [0.29, 0.717) is 0 Å². The normalized spacial score (nSPS) is 26.0. The van der Waals surface area contributed by atoms with Gasteiger partial charge in [-0.3, -0.25) is 4.79 Å². The number of hydrogen-bond acceptors (Lipinski definition) is 8. The predicted molar refractivity (Wildman–Crippen MR) is 74.6 cm³/mol. The number of aliphatic hydroxyl groups is 3. The SMILES string of the molecule is COC(=O)C1=C[C@H](O)[C@@H](NC(C)=O)[C@H]([C@H](O)[C@H](O)CN=[N+]=[N-])O1. The third-order valence-electron chi connectivity index (χ3n) is 3.13. The van der Waals surface area contributed by atoms with E-state index in [4.69, 9.17) is 10.3 Å². The van der Waals surface area contributed by atoms with Crippen LogP contribution in [0.3, 0.4) is 0 Å². The summed E-state index contributed by atoms with van der Waals surface area (Å²) in [5.74, 6) is -1.79. The minimum Gasteiger partial charge on any atom is -0.478 e. The van der Waals surface area contributed by atoms with Crippen molar-refractivity contribution in [3.8, 4) is 0 Å². The first-order chi connectivity index (χ1) is 10.8. The Balaban J connectivity index is 3.05. The summed E-state index contributed by atoms with van der Waals surface area (Å²) in [6, 6.07) is -1.13. The van der Waals surface area contributed by atoms with Crippen LogP contribution in [-0.4, -0.2) is 71.3 Å². The Morgan fingerprint density at radius 2 is 2.22 bits per heavy atom. The summed E-state index contributed by atoms with van der Waals surface area (Å²) < 4.78 is 9.72. The first kappa shape index (κ1) is 18.7. The van der Waals surface area contributed by atoms with Crippen LogP contribution in [0.2, 0.25) is 0 Å². The molecule has 1 aliphatic rings. The van der Waals surface area contributed by atoms with E-state index in [9.17, 15) is 24.9 Å². The number of nitrogens with one attached hydrogen (secondary N) is 1. The van der Waals surface area contributed by atoms with Crippen LogP contribution in [0.1, 0.15) is 6.92 Å². The van der Waals surface area contributed by atoms with Crippen LogP contribution in [0.15, 0.2) is 16.9 Å². The molecular formula is C12H18N4O7. The lowest BCUT2D eigenvalue weighted by Gasteiger charge is -2.38. The smallest absolute Gasteiger partial charge is 0.373 e. The van der Waals surface area contributed by atoms with Gasteiger partial charge in [0.05, 0.1) is 25.8 Å². The van der Waals surface area contributed by atoms with Crippen LogP contribution in [0, 0.1) is 0 Å². The topological polar surface area (TPSA) is 174 Å². The Hall–Kier alpha value is -2.33. The molecule has 1 rings (SSSR count). The molecule has 0 aromatic rings. The number of ether oxygens (including phenoxy) is 2. The molecule has 128 valence electrons. The highest BCUT2D eigenvalue weighted by atomic mass is 16.6. The minimum absolute atomic E-state index is 0.373. The van der Waals surface area contributed by atoms with Crippen molar-refractivity contribution in [3.63, 3.8) is 0 Å². The molecule has 11 nitrogen and oxygen atoms in total. The van der Waals surface area contributed by atoms with Crippen molar-refractivity contribution in [1.29, 1.82) is 0 Å². The zero-order chi connectivity index (χ0) is 17.6. The molecule has 0 fully saturated rings. The van der Waals surface area contributed by atoms with Crippen molar-refractivity contribution in [1.82, 2.24) is 5.32 Å². The highest BCUT2D eigenvalue weighted by Gasteiger charge is 2.43. The van der Waals surface area contributed by atoms with E-state index in [2.05, 4.69) is 20.1 Å². The molecule has 11 heteroatoms. The van der Waals surface area contributed by atoms with Crippen LogP contribution >= 0.6 is 0 Å². The number of esters is 1. The molecule has 5 atom stereocenters. The molecule has 0 aromatic heterocycles. The van der Waals surface area contributed by atoms with Gasteiger partial charge in [-0.15, -0.1) is 0 Å². The molecule has 0 spiro atoms. The molecule has 23 heavy (non-hydrogen) atoms. The summed E-state index contributed by atoms with van der Waals surface area (Å²) in [4.78, 5) is 25.2. The molecule has 0 unspecified atom stereocenters. The standard InChI is InChI=1S/C12H18N4O7/c1-5(17)15-9-6(18)3-8(12(21)22-2)23-11(9)10(20)7(19)4-14-16-13/h3,6-7,9-11,18-20H,4H2,1-2H3,(H,15,17)/t6-,7+,9+,10+,11+/m0/s1. The van der Waals surface area contributed by atoms with Gasteiger partial charge in [0.25, 0.3) is 0 Å². The summed E-state index contributed by atoms with van der Waals surface area (Å²) >= 11 is 0. The third-order valence-corrected chi connectivity index (χ3v) is 3.13. The molecule has 4 N–H and O–H groups in total. The molecule has 0 saturated heterocycles. The number of methoxy groups -OCH3 is 1. The fourth-order valence-electron chi connectivity index (χ4n) is 2.06. The lowest BCUT2D eigenvalue weighted by molar-refractivity contribution is -0.150. The van der Waals surface area contributed by atoms with E-state index in [-0.39, 0.29) is 5.76 Å². The van der Waals surface area contributed by atoms with E-state index >= 15 is 0 Å². The van der Waals surface area contributed by atoms with Crippen LogP contribution in [0.5, 0.6) is 0 Å². The van der Waals surface area contributed by atoms with Crippen LogP contribution in [0.25, 0.3) is 10.4 Å². The first-order valence-electron chi connectivity index (χ1n) is 6.60. The first-order valence-corrected chi connectivity index (χ1v) is 6.60. The monoisotopic (exact) mass is 330 g/mol. The maximum atomic E-state index is 11.5. The van der Waals surface area contributed by atoms with Gasteiger partial charge in [0, 0.05) is 11.8 Å². The van der Waals surface area contributed by atoms with Crippen molar-refractivity contribution >= 4 is 11.9 Å². The van der Waals surface area contributed by atoms with E-state index < -0.39 is 48.9 Å². The minimum atomic E-state index is -1.65.